The molecule has 4 rings (SSSR count). The third kappa shape index (κ3) is 57.1. The van der Waals surface area contributed by atoms with Crippen LogP contribution in [-0.2, 0) is 95.9 Å². The summed E-state index contributed by atoms with van der Waals surface area (Å²) >= 11 is 0. The molecule has 14 N–H and O–H groups in total. The van der Waals surface area contributed by atoms with E-state index in [1.54, 1.807) is 34.3 Å². The number of nitrogens with one attached hydrogen (secondary N) is 7. The van der Waals surface area contributed by atoms with E-state index >= 15 is 0 Å². The number of nitrogens with zero attached hydrogens (tertiary/aromatic N) is 16. The van der Waals surface area contributed by atoms with E-state index in [1.807, 2.05) is 0 Å². The minimum Gasteiger partial charge on any atom is -0.549 e. The molecule has 54 nitrogen and oxygen atoms in total. The normalized spacial score (nSPS) is 19.2. The van der Waals surface area contributed by atoms with Gasteiger partial charge in [0, 0.05) is 280 Å². The quantitative estimate of drug-likeness (QED) is 0.0269. The van der Waals surface area contributed by atoms with Crippen LogP contribution in [0.5, 0.6) is 0 Å². The molecule has 7 amide bonds. The zero-order valence-electron chi connectivity index (χ0n) is 79.9. The molecule has 0 aromatic rings. The van der Waals surface area contributed by atoms with E-state index in [1.165, 1.54) is 78.7 Å². The Morgan fingerprint density at radius 3 is 0.579 bits per heavy atom. The van der Waals surface area contributed by atoms with Crippen LogP contribution in [0.1, 0.15) is 47.5 Å². The van der Waals surface area contributed by atoms with Gasteiger partial charge in [0.2, 0.25) is 41.4 Å². The smallest absolute Gasteiger partial charge is 0.549 e. The number of Topliss-reactive ketones (excluding diaryl/α,β-unsaturated/α-hetero) is 2. The molecule has 5 atom stereocenters. The average molecular weight is 2430 g/mol. The first-order chi connectivity index (χ1) is 64.6. The first-order valence-electron chi connectivity index (χ1n) is 45.5. The molecule has 0 spiro atoms. The van der Waals surface area contributed by atoms with Gasteiger partial charge < -0.3 is 113 Å². The van der Waals surface area contributed by atoms with E-state index < -0.39 is 273 Å². The van der Waals surface area contributed by atoms with Gasteiger partial charge in [-0.25, -0.2) is 0 Å². The second kappa shape index (κ2) is 70.8. The van der Waals surface area contributed by atoms with Gasteiger partial charge in [0.05, 0.1) is 120 Å². The van der Waals surface area contributed by atoms with Crippen LogP contribution in [0, 0.1) is 125 Å². The fourth-order valence-corrected chi connectivity index (χ4v) is 15.9. The van der Waals surface area contributed by atoms with Crippen molar-refractivity contribution in [2.24, 2.45) is 5.41 Å². The fraction of sp³-hybridized carbons (Fsp3) is 0.759. The van der Waals surface area contributed by atoms with Gasteiger partial charge in [0.15, 0.2) is 0 Å². The number of carbonyl (C=O) groups excluding carboxylic acids is 13. The predicted molar refractivity (Wildman–Crippen MR) is 473 cm³/mol. The average Bonchev–Trinajstić information content (AvgIpc) is 0.833. The summed E-state index contributed by atoms with van der Waals surface area (Å²) in [5, 5.41) is 135. The SMILES string of the molecule is CC(=O)CN1CCN(CC(=O)[O-])CCN(C(C)C(=O)CCC(=O)NCC(CNC(=O)CNC(=O)C(C)N2CCN(CC(=O)[O-])CCN(CC(=O)[O-])CCN(CC(=O)O)CC2)(CNC(=O)CNC(=O)C(C)N2CCN(CC(=O)[O-])CCN(CC(=O)O)CCN(CC(=O)O)CC2)CNC(=O)CNC(=O)C(C)N2CCN(CC(=O)O)CCN(CC(=O)O)CCN(CC(=O)O)CC2)CCN(CC(=O)O)CC1.[Gd+3].[Gd+3].[Gd+3]. The number of carboxylic acids is 11. The molecule has 57 heteroatoms. The van der Waals surface area contributed by atoms with Crippen molar-refractivity contribution < 1.29 is 272 Å². The van der Waals surface area contributed by atoms with Crippen LogP contribution in [0.15, 0.2) is 0 Å². The van der Waals surface area contributed by atoms with Crippen molar-refractivity contribution in [1.82, 2.24) is 116 Å². The molecule has 5 unspecified atom stereocenters. The first-order valence-corrected chi connectivity index (χ1v) is 45.5. The molecule has 0 aromatic heterocycles. The number of carbonyl (C=O) groups is 20. The number of hydrogen-bond acceptors (Lipinski definition) is 40. The van der Waals surface area contributed by atoms with E-state index in [9.17, 15) is 152 Å². The molecule has 4 aliphatic heterocycles. The molecule has 4 fully saturated rings. The van der Waals surface area contributed by atoms with Gasteiger partial charge in [-0.2, -0.15) is 0 Å². The maximum Gasteiger partial charge on any atom is 3.00 e. The van der Waals surface area contributed by atoms with E-state index in [2.05, 4.69) is 37.2 Å². The van der Waals surface area contributed by atoms with E-state index in [0.29, 0.717) is 0 Å². The summed E-state index contributed by atoms with van der Waals surface area (Å²) in [6.07, 6.45) is -1.04. The van der Waals surface area contributed by atoms with Crippen LogP contribution in [0.3, 0.4) is 0 Å². The summed E-state index contributed by atoms with van der Waals surface area (Å²) < 4.78 is 0. The third-order valence-electron chi connectivity index (χ3n) is 24.2. The topological polar surface area (TPSA) is 711 Å². The minimum absolute atomic E-state index is 0. The van der Waals surface area contributed by atoms with Crippen molar-refractivity contribution in [2.45, 2.75) is 71.6 Å². The summed E-state index contributed by atoms with van der Waals surface area (Å²) in [4.78, 5) is 285. The van der Waals surface area contributed by atoms with Gasteiger partial charge in [-0.3, -0.25) is 155 Å². The van der Waals surface area contributed by atoms with Crippen LogP contribution < -0.4 is 57.6 Å². The van der Waals surface area contributed by atoms with Crippen molar-refractivity contribution in [3.63, 3.8) is 0 Å². The summed E-state index contributed by atoms with van der Waals surface area (Å²) in [5.41, 5.74) is -1.86. The Hall–Kier alpha value is -6.87. The number of aliphatic carboxylic acids is 11. The monoisotopic (exact) mass is 2430 g/mol. The van der Waals surface area contributed by atoms with Crippen LogP contribution in [0.4, 0.5) is 0 Å². The van der Waals surface area contributed by atoms with E-state index in [0.717, 1.165) is 0 Å². The molecular formula is C83H139Gd3N23O31+5. The standard InChI is InChI=1S/C83H143N23O31.3Gd/c1-59(107)43-91-8-10-95(47-72(119)120)24-32-103(33-25-96(11-9-91)48-73(121)122)60(2)64(108)6-7-65(109)87-55-83(56-88-66(110)40-84-80(135)61(3)104-34-26-97(49-74(123)124)18-12-92(44-69(113)114)13-19-98(27-35-104)50-75(125)126,57-89-67(111)41-85-81(136)62(4)105-36-28-99(51-76(127)128)20-14-93(45-70(115)116)15-21-100(29-37-105)52-77(129)130)58-90-68(112)42-86-82(137)63(5)106-38-30-101(53-78(131)132)22-16-94(46-71(117)118)17-23-102(31-39-106)54-79(133)134;;;/h60-63H,6-58H2,1-5H3,(H,84,135)(H,85,136)(H,86,137)(H,87,109)(H,88,110)(H,89,111)(H,90,112)(H,113,114)(H,115,116)(H,117,118)(H,119,120)(H,121,122)(H,123,124)(H,125,126)(H,127,128)(H,129,130)(H,131,132)(H,133,134);;;/q;3*+3/p-4. The van der Waals surface area contributed by atoms with E-state index in [4.69, 9.17) is 0 Å². The molecule has 4 saturated heterocycles. The van der Waals surface area contributed by atoms with Gasteiger partial charge in [-0.15, -0.1) is 0 Å². The minimum atomic E-state index is -1.86. The molecule has 4 heterocycles. The first kappa shape index (κ1) is 131. The van der Waals surface area contributed by atoms with Crippen LogP contribution in [0.25, 0.3) is 0 Å². The number of amides is 7. The summed E-state index contributed by atoms with van der Waals surface area (Å²) in [7, 11) is 0. The molecular weight excluding hydrogens is 2290 g/mol. The van der Waals surface area contributed by atoms with Gasteiger partial charge in [-0.05, 0) is 34.6 Å². The zero-order valence-corrected chi connectivity index (χ0v) is 86.7. The Kier molecular flexibility index (Phi) is 66.3. The molecule has 4 aliphatic rings. The van der Waals surface area contributed by atoms with Crippen molar-refractivity contribution in [2.75, 3.05) is 334 Å². The van der Waals surface area contributed by atoms with Gasteiger partial charge in [0.25, 0.3) is 0 Å². The second-order valence-corrected chi connectivity index (χ2v) is 34.8. The van der Waals surface area contributed by atoms with Crippen LogP contribution in [0.2, 0.25) is 0 Å². The Balaban J connectivity index is 0.0000327. The summed E-state index contributed by atoms with van der Waals surface area (Å²) in [5.74, 6) is -21.0. The largest absolute Gasteiger partial charge is 3.00 e. The summed E-state index contributed by atoms with van der Waals surface area (Å²) in [6, 6.07) is -4.44. The van der Waals surface area contributed by atoms with E-state index in [-0.39, 0.29) is 342 Å². The zero-order chi connectivity index (χ0) is 102. The molecule has 791 valence electrons. The number of hydrogen-bond donors (Lipinski definition) is 14. The summed E-state index contributed by atoms with van der Waals surface area (Å²) in [6.45, 7) is -2.31. The molecule has 3 radical (unpaired) electrons. The molecule has 0 bridgehead atoms. The third-order valence-corrected chi connectivity index (χ3v) is 24.2. The fourth-order valence-electron chi connectivity index (χ4n) is 15.9. The molecule has 0 aromatic carbocycles. The number of ketones is 2. The van der Waals surface area contributed by atoms with Crippen LogP contribution in [-0.4, -0.2) is 591 Å². The van der Waals surface area contributed by atoms with Crippen LogP contribution >= 0.6 is 0 Å². The Morgan fingerprint density at radius 1 is 0.236 bits per heavy atom. The van der Waals surface area contributed by atoms with Crippen molar-refractivity contribution in [1.29, 1.82) is 0 Å². The molecule has 0 saturated carbocycles. The van der Waals surface area contributed by atoms with Crippen molar-refractivity contribution in [3.05, 3.63) is 0 Å². The predicted octanol–water partition coefficient (Wildman–Crippen LogP) is -17.2. The van der Waals surface area contributed by atoms with Crippen molar-refractivity contribution >= 4 is 119 Å². The number of rotatable bonds is 49. The second-order valence-electron chi connectivity index (χ2n) is 34.8. The maximum absolute atomic E-state index is 14.5. The molecule has 0 aliphatic carbocycles. The maximum atomic E-state index is 14.5. The van der Waals surface area contributed by atoms with Gasteiger partial charge >= 0.3 is 162 Å². The number of carboxylic acid groups (broad SMARTS) is 11. The van der Waals surface area contributed by atoms with Gasteiger partial charge in [-0.1, -0.05) is 0 Å². The Bertz CT molecular complexity index is 3410. The Morgan fingerprint density at radius 2 is 0.400 bits per heavy atom. The van der Waals surface area contributed by atoms with Gasteiger partial charge in [0.1, 0.15) is 11.6 Å². The molecule has 140 heavy (non-hydrogen) atoms. The van der Waals surface area contributed by atoms with Crippen molar-refractivity contribution in [3.8, 4) is 0 Å². The Labute approximate surface area is 908 Å².